The molecule has 1 atom stereocenters. The van der Waals surface area contributed by atoms with E-state index in [1.165, 1.54) is 24.3 Å². The number of hydrogen-bond acceptors (Lipinski definition) is 3. The van der Waals surface area contributed by atoms with Gasteiger partial charge in [0, 0.05) is 18.8 Å². The molecular weight excluding hydrogens is 237 g/mol. The number of benzene rings is 1. The zero-order valence-electron chi connectivity index (χ0n) is 9.70. The molecule has 1 aromatic carbocycles. The number of anilines is 1. The highest BCUT2D eigenvalue weighted by Crippen LogP contribution is 2.09. The lowest BCUT2D eigenvalue weighted by atomic mass is 10.1. The van der Waals surface area contributed by atoms with Gasteiger partial charge in [0.2, 0.25) is 11.8 Å². The van der Waals surface area contributed by atoms with E-state index in [1.54, 1.807) is 0 Å². The molecule has 96 valence electrons. The normalized spacial score (nSPS) is 19.2. The van der Waals surface area contributed by atoms with Crippen molar-refractivity contribution in [2.45, 2.75) is 12.5 Å². The van der Waals surface area contributed by atoms with Crippen LogP contribution in [0.1, 0.15) is 6.42 Å². The van der Waals surface area contributed by atoms with Crippen molar-refractivity contribution in [2.24, 2.45) is 0 Å². The van der Waals surface area contributed by atoms with E-state index in [9.17, 15) is 14.0 Å². The minimum atomic E-state index is -0.501. The zero-order chi connectivity index (χ0) is 13.0. The summed E-state index contributed by atoms with van der Waals surface area (Å²) in [6, 6.07) is 4.98. The summed E-state index contributed by atoms with van der Waals surface area (Å²) in [5, 5.41) is 8.25. The maximum Gasteiger partial charge on any atom is 0.237 e. The highest BCUT2D eigenvalue weighted by atomic mass is 19.1. The van der Waals surface area contributed by atoms with E-state index in [4.69, 9.17) is 0 Å². The van der Waals surface area contributed by atoms with E-state index in [1.807, 2.05) is 0 Å². The Bertz CT molecular complexity index is 447. The van der Waals surface area contributed by atoms with Crippen LogP contribution in [0.3, 0.4) is 0 Å². The number of nitrogens with one attached hydrogen (secondary N) is 3. The molecule has 2 amide bonds. The maximum atomic E-state index is 12.7. The SMILES string of the molecule is O=C(C[C@H]1NCCNC1=O)Nc1ccc(F)cc1. The average Bonchev–Trinajstić information content (AvgIpc) is 2.35. The monoisotopic (exact) mass is 251 g/mol. The van der Waals surface area contributed by atoms with Crippen LogP contribution >= 0.6 is 0 Å². The number of rotatable bonds is 3. The summed E-state index contributed by atoms with van der Waals surface area (Å²) in [4.78, 5) is 23.1. The second kappa shape index (κ2) is 5.59. The second-order valence-electron chi connectivity index (χ2n) is 4.06. The van der Waals surface area contributed by atoms with Crippen LogP contribution in [-0.4, -0.2) is 30.9 Å². The van der Waals surface area contributed by atoms with Crippen molar-refractivity contribution in [2.75, 3.05) is 18.4 Å². The lowest BCUT2D eigenvalue weighted by Crippen LogP contribution is -2.53. The molecule has 0 unspecified atom stereocenters. The first-order valence-electron chi connectivity index (χ1n) is 5.71. The van der Waals surface area contributed by atoms with Crippen molar-refractivity contribution in [3.8, 4) is 0 Å². The molecule has 0 saturated carbocycles. The van der Waals surface area contributed by atoms with Crippen LogP contribution in [0.15, 0.2) is 24.3 Å². The van der Waals surface area contributed by atoms with Gasteiger partial charge in [0.1, 0.15) is 5.82 Å². The summed E-state index contributed by atoms with van der Waals surface area (Å²) < 4.78 is 12.7. The van der Waals surface area contributed by atoms with Crippen LogP contribution in [0.2, 0.25) is 0 Å². The minimum absolute atomic E-state index is 0.0587. The van der Waals surface area contributed by atoms with Crippen LogP contribution in [0.25, 0.3) is 0 Å². The molecule has 0 aliphatic carbocycles. The standard InChI is InChI=1S/C12H14FN3O2/c13-8-1-3-9(4-2-8)16-11(17)7-10-12(18)15-6-5-14-10/h1-4,10,14H,5-7H2,(H,15,18)(H,16,17)/t10-/m1/s1. The fourth-order valence-electron chi connectivity index (χ4n) is 1.74. The Morgan fingerprint density at radius 1 is 1.33 bits per heavy atom. The molecule has 1 saturated heterocycles. The highest BCUT2D eigenvalue weighted by Gasteiger charge is 2.23. The first kappa shape index (κ1) is 12.5. The van der Waals surface area contributed by atoms with Gasteiger partial charge in [-0.2, -0.15) is 0 Å². The molecule has 1 aliphatic rings. The fourth-order valence-corrected chi connectivity index (χ4v) is 1.74. The molecule has 0 aromatic heterocycles. The van der Waals surface area contributed by atoms with Gasteiger partial charge in [0.05, 0.1) is 12.5 Å². The number of hydrogen-bond donors (Lipinski definition) is 3. The molecular formula is C12H14FN3O2. The van der Waals surface area contributed by atoms with Crippen LogP contribution < -0.4 is 16.0 Å². The molecule has 1 fully saturated rings. The zero-order valence-corrected chi connectivity index (χ0v) is 9.70. The molecule has 0 bridgehead atoms. The Balaban J connectivity index is 1.88. The number of halogens is 1. The van der Waals surface area contributed by atoms with E-state index in [-0.39, 0.29) is 24.1 Å². The largest absolute Gasteiger partial charge is 0.353 e. The molecule has 18 heavy (non-hydrogen) atoms. The number of carbonyl (C=O) groups is 2. The highest BCUT2D eigenvalue weighted by molar-refractivity contribution is 5.95. The molecule has 1 aliphatic heterocycles. The second-order valence-corrected chi connectivity index (χ2v) is 4.06. The Morgan fingerprint density at radius 3 is 2.72 bits per heavy atom. The smallest absolute Gasteiger partial charge is 0.237 e. The van der Waals surface area contributed by atoms with E-state index in [0.29, 0.717) is 18.8 Å². The number of carbonyl (C=O) groups excluding carboxylic acids is 2. The minimum Gasteiger partial charge on any atom is -0.353 e. The van der Waals surface area contributed by atoms with Gasteiger partial charge in [-0.25, -0.2) is 4.39 Å². The molecule has 6 heteroatoms. The molecule has 5 nitrogen and oxygen atoms in total. The Hall–Kier alpha value is -1.95. The van der Waals surface area contributed by atoms with Crippen molar-refractivity contribution in [3.05, 3.63) is 30.1 Å². The predicted octanol–water partition coefficient (Wildman–Crippen LogP) is 0.242. The quantitative estimate of drug-likeness (QED) is 0.721. The summed E-state index contributed by atoms with van der Waals surface area (Å²) in [7, 11) is 0. The van der Waals surface area contributed by atoms with Gasteiger partial charge >= 0.3 is 0 Å². The van der Waals surface area contributed by atoms with Gasteiger partial charge in [0.15, 0.2) is 0 Å². The van der Waals surface area contributed by atoms with Crippen LogP contribution in [0.4, 0.5) is 10.1 Å². The van der Waals surface area contributed by atoms with E-state index < -0.39 is 6.04 Å². The summed E-state index contributed by atoms with van der Waals surface area (Å²) in [5.74, 6) is -0.812. The Morgan fingerprint density at radius 2 is 2.06 bits per heavy atom. The van der Waals surface area contributed by atoms with Crippen LogP contribution in [-0.2, 0) is 9.59 Å². The number of piperazine rings is 1. The van der Waals surface area contributed by atoms with E-state index >= 15 is 0 Å². The molecule has 0 spiro atoms. The van der Waals surface area contributed by atoms with E-state index in [2.05, 4.69) is 16.0 Å². The van der Waals surface area contributed by atoms with Gasteiger partial charge in [0.25, 0.3) is 0 Å². The predicted molar refractivity (Wildman–Crippen MR) is 64.4 cm³/mol. The average molecular weight is 251 g/mol. The first-order chi connectivity index (χ1) is 8.65. The van der Waals surface area contributed by atoms with Gasteiger partial charge < -0.3 is 16.0 Å². The molecule has 0 radical (unpaired) electrons. The summed E-state index contributed by atoms with van der Waals surface area (Å²) in [5.41, 5.74) is 0.512. The molecule has 2 rings (SSSR count). The Labute approximate surface area is 104 Å². The first-order valence-corrected chi connectivity index (χ1v) is 5.71. The van der Waals surface area contributed by atoms with Crippen LogP contribution in [0.5, 0.6) is 0 Å². The van der Waals surface area contributed by atoms with Crippen LogP contribution in [0, 0.1) is 5.82 Å². The topological polar surface area (TPSA) is 70.2 Å². The van der Waals surface area contributed by atoms with Crippen molar-refractivity contribution in [3.63, 3.8) is 0 Å². The maximum absolute atomic E-state index is 12.7. The summed E-state index contributed by atoms with van der Waals surface area (Å²) in [6.45, 7) is 1.23. The van der Waals surface area contributed by atoms with Gasteiger partial charge in [-0.1, -0.05) is 0 Å². The third kappa shape index (κ3) is 3.27. The molecule has 1 aromatic rings. The lowest BCUT2D eigenvalue weighted by molar-refractivity contribution is -0.127. The Kier molecular flexibility index (Phi) is 3.88. The summed E-state index contributed by atoms with van der Waals surface area (Å²) in [6.07, 6.45) is 0.0587. The van der Waals surface area contributed by atoms with Crippen molar-refractivity contribution in [1.29, 1.82) is 0 Å². The molecule has 1 heterocycles. The third-order valence-corrected chi connectivity index (χ3v) is 2.65. The fraction of sp³-hybridized carbons (Fsp3) is 0.333. The summed E-state index contributed by atoms with van der Waals surface area (Å²) >= 11 is 0. The van der Waals surface area contributed by atoms with Gasteiger partial charge in [-0.05, 0) is 24.3 Å². The third-order valence-electron chi connectivity index (χ3n) is 2.65. The van der Waals surface area contributed by atoms with E-state index in [0.717, 1.165) is 0 Å². The lowest BCUT2D eigenvalue weighted by Gasteiger charge is -2.22. The van der Waals surface area contributed by atoms with Gasteiger partial charge in [-0.15, -0.1) is 0 Å². The van der Waals surface area contributed by atoms with Crippen molar-refractivity contribution < 1.29 is 14.0 Å². The number of amides is 2. The molecule has 3 N–H and O–H groups in total. The van der Waals surface area contributed by atoms with Crippen molar-refractivity contribution >= 4 is 17.5 Å². The van der Waals surface area contributed by atoms with Gasteiger partial charge in [-0.3, -0.25) is 9.59 Å². The van der Waals surface area contributed by atoms with Crippen molar-refractivity contribution in [1.82, 2.24) is 10.6 Å².